The van der Waals surface area contributed by atoms with Gasteiger partial charge in [0.2, 0.25) is 5.13 Å². The fourth-order valence-corrected chi connectivity index (χ4v) is 4.71. The second-order valence-electron chi connectivity index (χ2n) is 7.80. The first-order valence-electron chi connectivity index (χ1n) is 11.0. The molecular weight excluding hydrogens is 460 g/mol. The van der Waals surface area contributed by atoms with E-state index in [1.807, 2.05) is 79.7 Å². The van der Waals surface area contributed by atoms with Crippen molar-refractivity contribution in [1.82, 2.24) is 4.98 Å². The van der Waals surface area contributed by atoms with Gasteiger partial charge in [0.1, 0.15) is 17.1 Å². The van der Waals surface area contributed by atoms with Gasteiger partial charge in [-0.25, -0.2) is 9.98 Å². The second-order valence-corrected chi connectivity index (χ2v) is 8.98. The zero-order chi connectivity index (χ0) is 24.4. The van der Waals surface area contributed by atoms with Gasteiger partial charge in [-0.3, -0.25) is 0 Å². The van der Waals surface area contributed by atoms with Crippen molar-refractivity contribution in [3.05, 3.63) is 83.0 Å². The number of ether oxygens (including phenoxy) is 3. The summed E-state index contributed by atoms with van der Waals surface area (Å²) in [7, 11) is 4.90. The predicted molar refractivity (Wildman–Crippen MR) is 139 cm³/mol. The van der Waals surface area contributed by atoms with E-state index in [1.54, 1.807) is 32.7 Å². The van der Waals surface area contributed by atoms with E-state index in [0.29, 0.717) is 16.6 Å². The molecule has 2 heterocycles. The number of hydrogen-bond donors (Lipinski definition) is 0. The lowest BCUT2D eigenvalue weighted by Crippen LogP contribution is -2.03. The van der Waals surface area contributed by atoms with Gasteiger partial charge in [0, 0.05) is 27.5 Å². The summed E-state index contributed by atoms with van der Waals surface area (Å²) in [5.41, 5.74) is 3.52. The Hall–Kier alpha value is -4.10. The third-order valence-electron chi connectivity index (χ3n) is 5.68. The maximum absolute atomic E-state index is 6.20. The van der Waals surface area contributed by atoms with Crippen LogP contribution in [0.5, 0.6) is 17.2 Å². The minimum absolute atomic E-state index is 0.663. The summed E-state index contributed by atoms with van der Waals surface area (Å²) < 4.78 is 22.3. The van der Waals surface area contributed by atoms with Crippen LogP contribution in [0.1, 0.15) is 4.88 Å². The molecular formula is C28H24N2O4S. The molecule has 0 amide bonds. The van der Waals surface area contributed by atoms with Crippen LogP contribution in [0.15, 0.2) is 82.2 Å². The number of aryl methyl sites for hydroxylation is 1. The number of hydrogen-bond acceptors (Lipinski definition) is 7. The van der Waals surface area contributed by atoms with Gasteiger partial charge in [0.15, 0.2) is 11.5 Å². The van der Waals surface area contributed by atoms with Crippen LogP contribution in [0.3, 0.4) is 0 Å². The highest BCUT2D eigenvalue weighted by Crippen LogP contribution is 2.36. The summed E-state index contributed by atoms with van der Waals surface area (Å²) in [6.07, 6.45) is 0. The molecule has 0 saturated carbocycles. The molecule has 7 heteroatoms. The summed E-state index contributed by atoms with van der Waals surface area (Å²) in [5.74, 6) is 2.86. The minimum Gasteiger partial charge on any atom is -0.497 e. The van der Waals surface area contributed by atoms with Crippen LogP contribution >= 0.6 is 11.3 Å². The molecule has 0 fully saturated rings. The van der Waals surface area contributed by atoms with Gasteiger partial charge in [0.05, 0.1) is 32.4 Å². The molecule has 0 aliphatic carbocycles. The van der Waals surface area contributed by atoms with Gasteiger partial charge in [-0.05, 0) is 61.5 Å². The average Bonchev–Trinajstić information content (AvgIpc) is 3.27. The highest BCUT2D eigenvalue weighted by atomic mass is 32.1. The molecule has 35 heavy (non-hydrogen) atoms. The molecule has 0 bridgehead atoms. The van der Waals surface area contributed by atoms with E-state index in [0.717, 1.165) is 49.5 Å². The number of methoxy groups -OCH3 is 3. The molecule has 0 spiro atoms. The van der Waals surface area contributed by atoms with Crippen molar-refractivity contribution in [3.8, 4) is 39.8 Å². The minimum atomic E-state index is 0.663. The van der Waals surface area contributed by atoms with Crippen LogP contribution < -0.4 is 19.6 Å². The van der Waals surface area contributed by atoms with Gasteiger partial charge in [-0.15, -0.1) is 0 Å². The summed E-state index contributed by atoms with van der Waals surface area (Å²) in [6.45, 7) is 2.05. The Kier molecular flexibility index (Phi) is 6.25. The number of rotatable bonds is 6. The molecule has 176 valence electrons. The normalized spacial score (nSPS) is 11.6. The third kappa shape index (κ3) is 4.50. The van der Waals surface area contributed by atoms with Crippen molar-refractivity contribution < 1.29 is 18.6 Å². The lowest BCUT2D eigenvalue weighted by Gasteiger charge is -2.08. The third-order valence-corrected chi connectivity index (χ3v) is 6.55. The Morgan fingerprint density at radius 3 is 2.29 bits per heavy atom. The van der Waals surface area contributed by atoms with Gasteiger partial charge in [0.25, 0.3) is 0 Å². The van der Waals surface area contributed by atoms with E-state index < -0.39 is 0 Å². The second kappa shape index (κ2) is 9.64. The predicted octanol–water partition coefficient (Wildman–Crippen LogP) is 6.79. The molecule has 2 aromatic heterocycles. The number of para-hydroxylation sites is 1. The van der Waals surface area contributed by atoms with Crippen molar-refractivity contribution in [3.63, 3.8) is 0 Å². The Bertz CT molecular complexity index is 1570. The maximum atomic E-state index is 6.20. The van der Waals surface area contributed by atoms with E-state index in [-0.39, 0.29) is 0 Å². The fourth-order valence-electron chi connectivity index (χ4n) is 3.89. The first-order valence-corrected chi connectivity index (χ1v) is 11.8. The van der Waals surface area contributed by atoms with Gasteiger partial charge in [-0.2, -0.15) is 0 Å². The van der Waals surface area contributed by atoms with E-state index >= 15 is 0 Å². The Labute approximate surface area is 207 Å². The van der Waals surface area contributed by atoms with E-state index in [4.69, 9.17) is 28.6 Å². The molecule has 0 saturated heterocycles. The van der Waals surface area contributed by atoms with Crippen molar-refractivity contribution in [2.45, 2.75) is 6.92 Å². The summed E-state index contributed by atoms with van der Waals surface area (Å²) >= 11 is 1.55. The van der Waals surface area contributed by atoms with Crippen molar-refractivity contribution in [1.29, 1.82) is 0 Å². The summed E-state index contributed by atoms with van der Waals surface area (Å²) in [5, 5.41) is 2.39. The quantitative estimate of drug-likeness (QED) is 0.265. The molecule has 5 aromatic rings. The molecule has 0 atom stereocenters. The van der Waals surface area contributed by atoms with Gasteiger partial charge >= 0.3 is 0 Å². The maximum Gasteiger partial charge on any atom is 0.210 e. The summed E-state index contributed by atoms with van der Waals surface area (Å²) in [6, 6.07) is 23.4. The van der Waals surface area contributed by atoms with Crippen LogP contribution in [0.2, 0.25) is 0 Å². The molecule has 5 rings (SSSR count). The van der Waals surface area contributed by atoms with Crippen molar-refractivity contribution >= 4 is 27.4 Å². The van der Waals surface area contributed by atoms with E-state index in [1.165, 1.54) is 0 Å². The summed E-state index contributed by atoms with van der Waals surface area (Å²) in [4.78, 5) is 10.9. The van der Waals surface area contributed by atoms with Crippen molar-refractivity contribution in [2.75, 3.05) is 21.3 Å². The fraction of sp³-hybridized carbons (Fsp3) is 0.143. The number of aromatic nitrogens is 1. The highest BCUT2D eigenvalue weighted by molar-refractivity contribution is 7.15. The first-order chi connectivity index (χ1) is 17.1. The van der Waals surface area contributed by atoms with Gasteiger partial charge < -0.3 is 18.6 Å². The zero-order valence-electron chi connectivity index (χ0n) is 19.9. The monoisotopic (exact) mass is 484 g/mol. The van der Waals surface area contributed by atoms with E-state index in [9.17, 15) is 0 Å². The molecule has 0 aliphatic rings. The molecule has 0 aliphatic heterocycles. The molecule has 3 aromatic carbocycles. The first kappa shape index (κ1) is 22.7. The standard InChI is InChI=1S/C28H24N2O4S/c1-17-27(19-11-14-24(32-3)26(15-19)33-4)30-28(35-17)29-22-16-25(18-9-12-20(31-2)13-10-18)34-23-8-6-5-7-21(22)23/h5-16H,1-4H3/b29-22+. The number of benzene rings is 3. The molecule has 0 N–H and O–H groups in total. The van der Waals surface area contributed by atoms with E-state index in [2.05, 4.69) is 0 Å². The number of thiazole rings is 1. The Morgan fingerprint density at radius 1 is 0.800 bits per heavy atom. The SMILES string of the molecule is COc1ccc(-c2c/c(=N\c3nc(-c4ccc(OC)c(OC)c4)c(C)s3)c3ccccc3o2)cc1. The average molecular weight is 485 g/mol. The smallest absolute Gasteiger partial charge is 0.210 e. The van der Waals surface area contributed by atoms with Crippen LogP contribution in [-0.4, -0.2) is 26.3 Å². The Morgan fingerprint density at radius 2 is 1.54 bits per heavy atom. The topological polar surface area (TPSA) is 66.1 Å². The van der Waals surface area contributed by atoms with Crippen LogP contribution in [0.4, 0.5) is 5.13 Å². The van der Waals surface area contributed by atoms with Gasteiger partial charge in [-0.1, -0.05) is 23.5 Å². The number of fused-ring (bicyclic) bond motifs is 1. The molecule has 0 radical (unpaired) electrons. The molecule has 6 nitrogen and oxygen atoms in total. The lowest BCUT2D eigenvalue weighted by molar-refractivity contribution is 0.355. The zero-order valence-corrected chi connectivity index (χ0v) is 20.7. The van der Waals surface area contributed by atoms with Crippen LogP contribution in [0.25, 0.3) is 33.6 Å². The lowest BCUT2D eigenvalue weighted by atomic mass is 10.1. The Balaban J connectivity index is 1.62. The van der Waals surface area contributed by atoms with Crippen LogP contribution in [-0.2, 0) is 0 Å². The molecule has 0 unspecified atom stereocenters. The highest BCUT2D eigenvalue weighted by Gasteiger charge is 2.13. The number of nitrogens with zero attached hydrogens (tertiary/aromatic N) is 2. The largest absolute Gasteiger partial charge is 0.497 e. The van der Waals surface area contributed by atoms with Crippen LogP contribution in [0, 0.1) is 6.92 Å². The van der Waals surface area contributed by atoms with Crippen molar-refractivity contribution in [2.24, 2.45) is 4.99 Å².